The number of carbonyl (C=O) groups excluding carboxylic acids is 1. The van der Waals surface area contributed by atoms with Crippen molar-refractivity contribution in [2.24, 2.45) is 5.92 Å². The minimum absolute atomic E-state index is 0.0833. The second-order valence-corrected chi connectivity index (χ2v) is 11.0. The molecular formula is C19H29N3O3S. The maximum atomic E-state index is 12.5. The van der Waals surface area contributed by atoms with Gasteiger partial charge in [0.15, 0.2) is 14.9 Å². The standard InChI is InChI=1S/C19H29N3O3S/c1-19(2,3)26(24,25)17-9-8-16(12-20-17)21-10-11-22(18(23)14-21)13-15-6-4-5-7-15/h8-9,12,15H,4-7,10-11,13-14H2,1-3H3. The zero-order chi connectivity index (χ0) is 18.9. The Hall–Kier alpha value is -1.63. The molecule has 1 aromatic rings. The van der Waals surface area contributed by atoms with Crippen molar-refractivity contribution in [2.75, 3.05) is 31.1 Å². The van der Waals surface area contributed by atoms with Crippen molar-refractivity contribution in [1.29, 1.82) is 0 Å². The summed E-state index contributed by atoms with van der Waals surface area (Å²) in [6.45, 7) is 7.69. The Morgan fingerprint density at radius 3 is 2.38 bits per heavy atom. The Labute approximate surface area is 156 Å². The molecule has 2 fully saturated rings. The molecule has 144 valence electrons. The summed E-state index contributed by atoms with van der Waals surface area (Å²) in [4.78, 5) is 20.6. The fraction of sp³-hybridized carbons (Fsp3) is 0.684. The topological polar surface area (TPSA) is 70.6 Å². The van der Waals surface area contributed by atoms with Crippen LogP contribution in [0.25, 0.3) is 0 Å². The third-order valence-corrected chi connectivity index (χ3v) is 7.84. The van der Waals surface area contributed by atoms with Crippen LogP contribution >= 0.6 is 0 Å². The summed E-state index contributed by atoms with van der Waals surface area (Å²) in [6.07, 6.45) is 6.61. The van der Waals surface area contributed by atoms with Crippen LogP contribution in [0.4, 0.5) is 5.69 Å². The first kappa shape index (κ1) is 19.1. The molecule has 1 amide bonds. The summed E-state index contributed by atoms with van der Waals surface area (Å²) in [5, 5.41) is 0.0833. The second kappa shape index (κ2) is 7.18. The van der Waals surface area contributed by atoms with Gasteiger partial charge in [0.25, 0.3) is 0 Å². The van der Waals surface area contributed by atoms with Crippen molar-refractivity contribution >= 4 is 21.4 Å². The van der Waals surface area contributed by atoms with Crippen molar-refractivity contribution < 1.29 is 13.2 Å². The van der Waals surface area contributed by atoms with Crippen LogP contribution in [-0.2, 0) is 14.6 Å². The Kier molecular flexibility index (Phi) is 5.28. The molecule has 6 nitrogen and oxygen atoms in total. The third-order valence-electron chi connectivity index (χ3n) is 5.44. The van der Waals surface area contributed by atoms with Gasteiger partial charge in [-0.1, -0.05) is 12.8 Å². The summed E-state index contributed by atoms with van der Waals surface area (Å²) in [5.74, 6) is 0.809. The quantitative estimate of drug-likeness (QED) is 0.804. The fourth-order valence-corrected chi connectivity index (χ4v) is 4.72. The average Bonchev–Trinajstić information content (AvgIpc) is 3.09. The molecule has 2 heterocycles. The first-order valence-electron chi connectivity index (χ1n) is 9.42. The highest BCUT2D eigenvalue weighted by Gasteiger charge is 2.32. The highest BCUT2D eigenvalue weighted by Crippen LogP contribution is 2.27. The van der Waals surface area contributed by atoms with Gasteiger partial charge < -0.3 is 9.80 Å². The summed E-state index contributed by atoms with van der Waals surface area (Å²) in [7, 11) is -3.46. The van der Waals surface area contributed by atoms with E-state index in [1.807, 2.05) is 9.80 Å². The van der Waals surface area contributed by atoms with Crippen molar-refractivity contribution in [3.05, 3.63) is 18.3 Å². The van der Waals surface area contributed by atoms with Gasteiger partial charge in [-0.15, -0.1) is 0 Å². The summed E-state index contributed by atoms with van der Waals surface area (Å²) < 4.78 is 24.0. The second-order valence-electron chi connectivity index (χ2n) is 8.38. The van der Waals surface area contributed by atoms with Crippen LogP contribution in [0.2, 0.25) is 0 Å². The van der Waals surface area contributed by atoms with E-state index in [1.54, 1.807) is 39.1 Å². The molecule has 1 saturated carbocycles. The molecule has 0 radical (unpaired) electrons. The number of aromatic nitrogens is 1. The lowest BCUT2D eigenvalue weighted by Crippen LogP contribution is -2.51. The number of hydrogen-bond donors (Lipinski definition) is 0. The van der Waals surface area contributed by atoms with E-state index in [1.165, 1.54) is 25.7 Å². The fourth-order valence-electron chi connectivity index (χ4n) is 3.66. The largest absolute Gasteiger partial charge is 0.359 e. The lowest BCUT2D eigenvalue weighted by Gasteiger charge is -2.36. The molecule has 3 rings (SSSR count). The van der Waals surface area contributed by atoms with Crippen LogP contribution in [0.1, 0.15) is 46.5 Å². The maximum absolute atomic E-state index is 12.5. The SMILES string of the molecule is CC(C)(C)S(=O)(=O)c1ccc(N2CCN(CC3CCCC3)C(=O)C2)cn1. The van der Waals surface area contributed by atoms with Gasteiger partial charge in [-0.25, -0.2) is 13.4 Å². The molecule has 1 saturated heterocycles. The number of amides is 1. The summed E-state index contributed by atoms with van der Waals surface area (Å²) >= 11 is 0. The van der Waals surface area contributed by atoms with Gasteiger partial charge in [-0.3, -0.25) is 4.79 Å². The van der Waals surface area contributed by atoms with Gasteiger partial charge in [0.1, 0.15) is 0 Å². The molecule has 0 spiro atoms. The number of nitrogens with zero attached hydrogens (tertiary/aromatic N) is 3. The first-order chi connectivity index (χ1) is 12.2. The van der Waals surface area contributed by atoms with E-state index in [0.29, 0.717) is 12.5 Å². The number of rotatable bonds is 4. The minimum Gasteiger partial charge on any atom is -0.359 e. The van der Waals surface area contributed by atoms with E-state index in [2.05, 4.69) is 4.98 Å². The van der Waals surface area contributed by atoms with Crippen LogP contribution in [0.3, 0.4) is 0 Å². The number of sulfone groups is 1. The van der Waals surface area contributed by atoms with Gasteiger partial charge in [0.05, 0.1) is 23.2 Å². The molecule has 1 aliphatic carbocycles. The van der Waals surface area contributed by atoms with Gasteiger partial charge in [-0.05, 0) is 51.7 Å². The molecule has 0 bridgehead atoms. The normalized spacial score (nSPS) is 20.0. The predicted molar refractivity (Wildman–Crippen MR) is 102 cm³/mol. The Bertz CT molecular complexity index is 747. The van der Waals surface area contributed by atoms with Crippen LogP contribution in [0, 0.1) is 5.92 Å². The van der Waals surface area contributed by atoms with E-state index in [0.717, 1.165) is 25.3 Å². The van der Waals surface area contributed by atoms with Gasteiger partial charge in [0.2, 0.25) is 5.91 Å². The van der Waals surface area contributed by atoms with Gasteiger partial charge in [0, 0.05) is 19.6 Å². The molecule has 26 heavy (non-hydrogen) atoms. The minimum atomic E-state index is -3.46. The van der Waals surface area contributed by atoms with Crippen LogP contribution in [-0.4, -0.2) is 55.1 Å². The zero-order valence-corrected chi connectivity index (χ0v) is 16.8. The van der Waals surface area contributed by atoms with Crippen LogP contribution < -0.4 is 4.90 Å². The zero-order valence-electron chi connectivity index (χ0n) is 15.9. The smallest absolute Gasteiger partial charge is 0.242 e. The lowest BCUT2D eigenvalue weighted by atomic mass is 10.1. The molecule has 0 unspecified atom stereocenters. The molecule has 2 aliphatic rings. The molecule has 1 aromatic heterocycles. The number of hydrogen-bond acceptors (Lipinski definition) is 5. The molecular weight excluding hydrogens is 350 g/mol. The third kappa shape index (κ3) is 3.87. The van der Waals surface area contributed by atoms with Crippen LogP contribution in [0.5, 0.6) is 0 Å². The maximum Gasteiger partial charge on any atom is 0.242 e. The molecule has 0 atom stereocenters. The number of piperazine rings is 1. The predicted octanol–water partition coefficient (Wildman–Crippen LogP) is 2.49. The van der Waals surface area contributed by atoms with Crippen molar-refractivity contribution in [2.45, 2.75) is 56.2 Å². The average molecular weight is 380 g/mol. The monoisotopic (exact) mass is 379 g/mol. The molecule has 0 aromatic carbocycles. The Balaban J connectivity index is 1.65. The highest BCUT2D eigenvalue weighted by molar-refractivity contribution is 7.92. The number of pyridine rings is 1. The van der Waals surface area contributed by atoms with Gasteiger partial charge >= 0.3 is 0 Å². The van der Waals surface area contributed by atoms with Crippen molar-refractivity contribution in [1.82, 2.24) is 9.88 Å². The van der Waals surface area contributed by atoms with Gasteiger partial charge in [-0.2, -0.15) is 0 Å². The lowest BCUT2D eigenvalue weighted by molar-refractivity contribution is -0.131. The molecule has 0 N–H and O–H groups in total. The van der Waals surface area contributed by atoms with E-state index in [4.69, 9.17) is 0 Å². The summed E-state index contributed by atoms with van der Waals surface area (Å²) in [5.41, 5.74) is 0.798. The van der Waals surface area contributed by atoms with E-state index < -0.39 is 14.6 Å². The van der Waals surface area contributed by atoms with Crippen LogP contribution in [0.15, 0.2) is 23.4 Å². The Morgan fingerprint density at radius 1 is 1.15 bits per heavy atom. The molecule has 1 aliphatic heterocycles. The van der Waals surface area contributed by atoms with E-state index >= 15 is 0 Å². The van der Waals surface area contributed by atoms with Crippen molar-refractivity contribution in [3.63, 3.8) is 0 Å². The molecule has 7 heteroatoms. The summed E-state index contributed by atoms with van der Waals surface area (Å²) in [6, 6.07) is 3.30. The van der Waals surface area contributed by atoms with E-state index in [9.17, 15) is 13.2 Å². The number of carbonyl (C=O) groups is 1. The Morgan fingerprint density at radius 2 is 1.85 bits per heavy atom. The highest BCUT2D eigenvalue weighted by atomic mass is 32.2. The van der Waals surface area contributed by atoms with E-state index in [-0.39, 0.29) is 10.9 Å². The number of anilines is 1. The first-order valence-corrected chi connectivity index (χ1v) is 10.9. The van der Waals surface area contributed by atoms with Crippen molar-refractivity contribution in [3.8, 4) is 0 Å².